The van der Waals surface area contributed by atoms with E-state index in [1.54, 1.807) is 36.7 Å². The Morgan fingerprint density at radius 1 is 1.11 bits per heavy atom. The topological polar surface area (TPSA) is 43.1 Å². The van der Waals surface area contributed by atoms with Gasteiger partial charge in [0.2, 0.25) is 0 Å². The van der Waals surface area contributed by atoms with Gasteiger partial charge < -0.3 is 4.42 Å². The Morgan fingerprint density at radius 2 is 1.95 bits per heavy atom. The maximum atomic E-state index is 10.8. The van der Waals surface area contributed by atoms with Gasteiger partial charge in [-0.05, 0) is 24.3 Å². The van der Waals surface area contributed by atoms with Crippen LogP contribution in [-0.4, -0.2) is 11.3 Å². The minimum absolute atomic E-state index is 0.252. The summed E-state index contributed by atoms with van der Waals surface area (Å²) in [6, 6.07) is 6.79. The van der Waals surface area contributed by atoms with Crippen LogP contribution in [-0.2, 0) is 0 Å². The van der Waals surface area contributed by atoms with Gasteiger partial charge in [0.25, 0.3) is 0 Å². The fraction of sp³-hybridized carbons (Fsp3) is 0. The van der Waals surface area contributed by atoms with Crippen molar-refractivity contribution < 1.29 is 9.21 Å². The predicted octanol–water partition coefficient (Wildman–Crippen LogP) is 4.61. The number of hydrogen-bond donors (Lipinski definition) is 0. The molecule has 1 aromatic carbocycles. The SMILES string of the molecule is O=Cc1cc2cncc(-c3cc(Cl)ccc3Cl)c2o1. The van der Waals surface area contributed by atoms with Crippen LogP contribution in [0.15, 0.2) is 41.1 Å². The van der Waals surface area contributed by atoms with Crippen molar-refractivity contribution in [2.24, 2.45) is 0 Å². The smallest absolute Gasteiger partial charge is 0.185 e. The minimum atomic E-state index is 0.252. The first kappa shape index (κ1) is 12.2. The molecule has 0 aliphatic heterocycles. The summed E-state index contributed by atoms with van der Waals surface area (Å²) in [7, 11) is 0. The molecule has 0 saturated carbocycles. The Morgan fingerprint density at radius 3 is 2.74 bits per heavy atom. The maximum absolute atomic E-state index is 10.8. The highest BCUT2D eigenvalue weighted by atomic mass is 35.5. The lowest BCUT2D eigenvalue weighted by Crippen LogP contribution is -1.83. The number of halogens is 2. The summed E-state index contributed by atoms with van der Waals surface area (Å²) in [4.78, 5) is 14.9. The first-order valence-electron chi connectivity index (χ1n) is 5.47. The molecule has 0 atom stereocenters. The predicted molar refractivity (Wildman–Crippen MR) is 74.9 cm³/mol. The zero-order valence-electron chi connectivity index (χ0n) is 9.56. The molecule has 19 heavy (non-hydrogen) atoms. The average Bonchev–Trinajstić information content (AvgIpc) is 2.84. The number of fused-ring (bicyclic) bond motifs is 1. The van der Waals surface area contributed by atoms with Crippen molar-refractivity contribution >= 4 is 40.5 Å². The number of carbonyl (C=O) groups excluding carboxylic acids is 1. The molecule has 0 aliphatic rings. The second kappa shape index (κ2) is 4.68. The Kier molecular flexibility index (Phi) is 3.01. The zero-order valence-corrected chi connectivity index (χ0v) is 11.1. The summed E-state index contributed by atoms with van der Waals surface area (Å²) in [6.07, 6.45) is 3.93. The minimum Gasteiger partial charge on any atom is -0.452 e. The van der Waals surface area contributed by atoms with Crippen molar-refractivity contribution in [1.82, 2.24) is 4.98 Å². The van der Waals surface area contributed by atoms with Gasteiger partial charge in [-0.25, -0.2) is 0 Å². The van der Waals surface area contributed by atoms with Crippen LogP contribution in [0.25, 0.3) is 22.1 Å². The highest BCUT2D eigenvalue weighted by Crippen LogP contribution is 2.35. The molecule has 2 aromatic heterocycles. The zero-order chi connectivity index (χ0) is 13.4. The van der Waals surface area contributed by atoms with Crippen molar-refractivity contribution in [1.29, 1.82) is 0 Å². The lowest BCUT2D eigenvalue weighted by molar-refractivity contribution is 0.110. The number of rotatable bonds is 2. The van der Waals surface area contributed by atoms with Crippen LogP contribution in [0.1, 0.15) is 10.6 Å². The molecule has 0 radical (unpaired) electrons. The van der Waals surface area contributed by atoms with E-state index in [1.165, 1.54) is 0 Å². The van der Waals surface area contributed by atoms with Crippen LogP contribution < -0.4 is 0 Å². The third-order valence-electron chi connectivity index (χ3n) is 2.78. The highest BCUT2D eigenvalue weighted by molar-refractivity contribution is 6.35. The number of hydrogen-bond acceptors (Lipinski definition) is 3. The van der Waals surface area contributed by atoms with Crippen LogP contribution in [0.3, 0.4) is 0 Å². The van der Waals surface area contributed by atoms with Crippen molar-refractivity contribution in [3.8, 4) is 11.1 Å². The number of benzene rings is 1. The lowest BCUT2D eigenvalue weighted by atomic mass is 10.1. The molecular formula is C14H7Cl2NO2. The van der Waals surface area contributed by atoms with Gasteiger partial charge in [-0.15, -0.1) is 0 Å². The quantitative estimate of drug-likeness (QED) is 0.647. The Balaban J connectivity index is 2.32. The Bertz CT molecular complexity index is 780. The van der Waals surface area contributed by atoms with E-state index >= 15 is 0 Å². The molecule has 0 unspecified atom stereocenters. The summed E-state index contributed by atoms with van der Waals surface area (Å²) in [5, 5.41) is 1.86. The molecule has 3 rings (SSSR count). The number of aldehydes is 1. The van der Waals surface area contributed by atoms with E-state index in [9.17, 15) is 4.79 Å². The molecular weight excluding hydrogens is 285 g/mol. The largest absolute Gasteiger partial charge is 0.452 e. The molecule has 3 nitrogen and oxygen atoms in total. The van der Waals surface area contributed by atoms with Gasteiger partial charge in [-0.3, -0.25) is 9.78 Å². The van der Waals surface area contributed by atoms with Gasteiger partial charge in [0, 0.05) is 39.0 Å². The second-order valence-corrected chi connectivity index (χ2v) is 4.84. The number of aromatic nitrogens is 1. The summed E-state index contributed by atoms with van der Waals surface area (Å²) < 4.78 is 5.49. The molecule has 0 amide bonds. The molecule has 0 fully saturated rings. The van der Waals surface area contributed by atoms with E-state index in [0.29, 0.717) is 27.5 Å². The van der Waals surface area contributed by atoms with Crippen LogP contribution in [0.4, 0.5) is 0 Å². The number of furan rings is 1. The Labute approximate surface area is 118 Å². The number of carbonyl (C=O) groups is 1. The monoisotopic (exact) mass is 291 g/mol. The maximum Gasteiger partial charge on any atom is 0.185 e. The van der Waals surface area contributed by atoms with E-state index in [4.69, 9.17) is 27.6 Å². The van der Waals surface area contributed by atoms with E-state index < -0.39 is 0 Å². The Hall–Kier alpha value is -1.84. The standard InChI is InChI=1S/C14H7Cl2NO2/c15-9-1-2-13(16)11(4-9)12-6-17-5-8-3-10(7-18)19-14(8)12/h1-7H. The second-order valence-electron chi connectivity index (χ2n) is 4.00. The van der Waals surface area contributed by atoms with E-state index in [1.807, 2.05) is 0 Å². The molecule has 0 N–H and O–H groups in total. The molecule has 94 valence electrons. The van der Waals surface area contributed by atoms with Crippen LogP contribution in [0, 0.1) is 0 Å². The van der Waals surface area contributed by atoms with Crippen LogP contribution >= 0.6 is 23.2 Å². The van der Waals surface area contributed by atoms with Crippen molar-refractivity contribution in [2.75, 3.05) is 0 Å². The highest BCUT2D eigenvalue weighted by Gasteiger charge is 2.13. The van der Waals surface area contributed by atoms with Gasteiger partial charge >= 0.3 is 0 Å². The van der Waals surface area contributed by atoms with Gasteiger partial charge in [0.15, 0.2) is 12.0 Å². The number of pyridine rings is 1. The summed E-state index contributed by atoms with van der Waals surface area (Å²) in [5.41, 5.74) is 2.00. The fourth-order valence-electron chi connectivity index (χ4n) is 1.94. The summed E-state index contributed by atoms with van der Waals surface area (Å²) in [6.45, 7) is 0. The molecule has 0 bridgehead atoms. The summed E-state index contributed by atoms with van der Waals surface area (Å²) >= 11 is 12.2. The van der Waals surface area contributed by atoms with E-state index in [-0.39, 0.29) is 5.76 Å². The molecule has 0 aliphatic carbocycles. The van der Waals surface area contributed by atoms with Crippen LogP contribution in [0.5, 0.6) is 0 Å². The van der Waals surface area contributed by atoms with Crippen LogP contribution in [0.2, 0.25) is 10.0 Å². The van der Waals surface area contributed by atoms with E-state index in [0.717, 1.165) is 10.9 Å². The normalized spacial score (nSPS) is 10.8. The van der Waals surface area contributed by atoms with Gasteiger partial charge in [0.05, 0.1) is 0 Å². The van der Waals surface area contributed by atoms with Gasteiger partial charge in [0.1, 0.15) is 5.58 Å². The third-order valence-corrected chi connectivity index (χ3v) is 3.34. The molecule has 2 heterocycles. The molecule has 3 aromatic rings. The fourth-order valence-corrected chi connectivity index (χ4v) is 2.33. The van der Waals surface area contributed by atoms with Gasteiger partial charge in [-0.1, -0.05) is 23.2 Å². The summed E-state index contributed by atoms with van der Waals surface area (Å²) in [5.74, 6) is 0.252. The van der Waals surface area contributed by atoms with Gasteiger partial charge in [-0.2, -0.15) is 0 Å². The molecule has 5 heteroatoms. The average molecular weight is 292 g/mol. The first-order chi connectivity index (χ1) is 9.19. The molecule has 0 spiro atoms. The lowest BCUT2D eigenvalue weighted by Gasteiger charge is -2.05. The number of nitrogens with zero attached hydrogens (tertiary/aromatic N) is 1. The van der Waals surface area contributed by atoms with E-state index in [2.05, 4.69) is 4.98 Å². The molecule has 0 saturated heterocycles. The van der Waals surface area contributed by atoms with Crippen molar-refractivity contribution in [3.05, 3.63) is 52.5 Å². The first-order valence-corrected chi connectivity index (χ1v) is 6.23. The third kappa shape index (κ3) is 2.11. The van der Waals surface area contributed by atoms with Crippen molar-refractivity contribution in [3.63, 3.8) is 0 Å². The van der Waals surface area contributed by atoms with Crippen molar-refractivity contribution in [2.45, 2.75) is 0 Å².